The van der Waals surface area contributed by atoms with E-state index in [2.05, 4.69) is 15.5 Å². The third kappa shape index (κ3) is 3.54. The van der Waals surface area contributed by atoms with Gasteiger partial charge in [-0.25, -0.2) is 9.48 Å². The van der Waals surface area contributed by atoms with Gasteiger partial charge in [-0.2, -0.15) is 0 Å². The van der Waals surface area contributed by atoms with E-state index in [9.17, 15) is 14.7 Å². The Morgan fingerprint density at radius 1 is 1.41 bits per heavy atom. The lowest BCUT2D eigenvalue weighted by atomic mass is 10.0. The number of rotatable bonds is 6. The Hall–Kier alpha value is -2.02. The minimum Gasteiger partial charge on any atom is -0.477 e. The second kappa shape index (κ2) is 7.67. The monoisotopic (exact) mass is 450 g/mol. The van der Waals surface area contributed by atoms with E-state index in [-0.39, 0.29) is 11.6 Å². The number of aromatic nitrogens is 4. The smallest absolute Gasteiger partial charge is 0.352 e. The van der Waals surface area contributed by atoms with E-state index in [1.54, 1.807) is 7.05 Å². The van der Waals surface area contributed by atoms with Crippen LogP contribution < -0.4 is 5.73 Å². The van der Waals surface area contributed by atoms with E-state index >= 15 is 0 Å². The van der Waals surface area contributed by atoms with Crippen molar-refractivity contribution in [3.8, 4) is 0 Å². The molecule has 0 aliphatic carbocycles. The molecule has 9 nitrogen and oxygen atoms in total. The van der Waals surface area contributed by atoms with Gasteiger partial charge < -0.3 is 10.8 Å². The van der Waals surface area contributed by atoms with Crippen LogP contribution in [0.5, 0.6) is 0 Å². The maximum absolute atomic E-state index is 13.0. The second-order valence-corrected chi connectivity index (χ2v) is 10.0. The van der Waals surface area contributed by atoms with E-state index in [0.29, 0.717) is 22.2 Å². The van der Waals surface area contributed by atoms with Crippen molar-refractivity contribution in [3.63, 3.8) is 0 Å². The van der Waals surface area contributed by atoms with Gasteiger partial charge in [0.25, 0.3) is 5.91 Å². The number of aliphatic carboxylic acids is 1. The van der Waals surface area contributed by atoms with E-state index in [4.69, 9.17) is 5.73 Å². The van der Waals surface area contributed by atoms with E-state index in [0.717, 1.165) is 10.5 Å². The third-order valence-electron chi connectivity index (χ3n) is 4.61. The standard InChI is InChI=1S/C17H18N6O3S3/c1-9-3-5-11(6-4-9)29-17(18)14(26)23-12(13(24)25)10(7-27-15(17)23)8-28-16-19-20-21-22(16)2/h3-6,15H,7-8,18H2,1-2H3,(H,24,25)/t15?,17-/m1/s1. The molecular formula is C17H18N6O3S3. The minimum atomic E-state index is -1.19. The molecule has 2 aliphatic heterocycles. The summed E-state index contributed by atoms with van der Waals surface area (Å²) in [6.07, 6.45) is 0. The number of fused-ring (bicyclic) bond motifs is 1. The molecule has 1 unspecified atom stereocenters. The highest BCUT2D eigenvalue weighted by molar-refractivity contribution is 8.05. The first-order valence-corrected chi connectivity index (χ1v) is 11.5. The van der Waals surface area contributed by atoms with Gasteiger partial charge in [0.2, 0.25) is 5.16 Å². The first kappa shape index (κ1) is 20.3. The van der Waals surface area contributed by atoms with Crippen LogP contribution in [0.2, 0.25) is 0 Å². The summed E-state index contributed by atoms with van der Waals surface area (Å²) >= 11 is 4.09. The van der Waals surface area contributed by atoms with Crippen molar-refractivity contribution < 1.29 is 14.7 Å². The van der Waals surface area contributed by atoms with Gasteiger partial charge in [0.15, 0.2) is 4.87 Å². The van der Waals surface area contributed by atoms with Crippen LogP contribution in [0.4, 0.5) is 0 Å². The molecule has 1 aromatic carbocycles. The van der Waals surface area contributed by atoms with Crippen LogP contribution in [0.1, 0.15) is 5.56 Å². The highest BCUT2D eigenvalue weighted by atomic mass is 32.2. The Kier molecular flexibility index (Phi) is 5.36. The third-order valence-corrected chi connectivity index (χ3v) is 8.52. The summed E-state index contributed by atoms with van der Waals surface area (Å²) < 4.78 is 1.52. The molecule has 152 valence electrons. The lowest BCUT2D eigenvalue weighted by Gasteiger charge is -2.54. The Bertz CT molecular complexity index is 1010. The maximum Gasteiger partial charge on any atom is 0.352 e. The number of carbonyl (C=O) groups is 2. The number of nitrogens with two attached hydrogens (primary N) is 1. The topological polar surface area (TPSA) is 127 Å². The SMILES string of the molecule is Cc1ccc(S[C@]2(N)C(=O)N3C(C(=O)O)=C(CSc4nnnn4C)CSC32)cc1. The zero-order chi connectivity index (χ0) is 20.8. The number of tetrazole rings is 1. The van der Waals surface area contributed by atoms with Crippen molar-refractivity contribution >= 4 is 47.2 Å². The molecule has 0 bridgehead atoms. The summed E-state index contributed by atoms with van der Waals surface area (Å²) in [7, 11) is 1.71. The molecule has 3 N–H and O–H groups in total. The number of β-lactam (4-membered cyclic amide) rings is 1. The predicted octanol–water partition coefficient (Wildman–Crippen LogP) is 1.31. The van der Waals surface area contributed by atoms with E-state index in [1.807, 2.05) is 31.2 Å². The van der Waals surface area contributed by atoms with Crippen molar-refractivity contribution in [2.75, 3.05) is 11.5 Å². The zero-order valence-corrected chi connectivity index (χ0v) is 18.1. The largest absolute Gasteiger partial charge is 0.477 e. The summed E-state index contributed by atoms with van der Waals surface area (Å²) in [5.74, 6) is -0.665. The van der Waals surface area contributed by atoms with Crippen LogP contribution in [-0.4, -0.2) is 63.8 Å². The Labute approximate surface area is 179 Å². The van der Waals surface area contributed by atoms with Gasteiger partial charge in [0, 0.05) is 23.4 Å². The molecule has 2 aliphatic rings. The van der Waals surface area contributed by atoms with Crippen molar-refractivity contribution in [2.45, 2.75) is 27.2 Å². The van der Waals surface area contributed by atoms with Crippen LogP contribution >= 0.6 is 35.3 Å². The Morgan fingerprint density at radius 2 is 2.14 bits per heavy atom. The molecular weight excluding hydrogens is 432 g/mol. The molecule has 0 radical (unpaired) electrons. The molecule has 3 heterocycles. The molecule has 12 heteroatoms. The molecule has 1 saturated heterocycles. The van der Waals surface area contributed by atoms with Crippen LogP contribution in [0.3, 0.4) is 0 Å². The first-order chi connectivity index (χ1) is 13.8. The summed E-state index contributed by atoms with van der Waals surface area (Å²) in [6, 6.07) is 7.76. The number of carboxylic acid groups (broad SMARTS) is 1. The average molecular weight is 451 g/mol. The van der Waals surface area contributed by atoms with Gasteiger partial charge >= 0.3 is 5.97 Å². The van der Waals surface area contributed by atoms with Gasteiger partial charge in [0.05, 0.1) is 0 Å². The van der Waals surface area contributed by atoms with Crippen molar-refractivity contribution in [1.29, 1.82) is 0 Å². The highest BCUT2D eigenvalue weighted by Crippen LogP contribution is 2.52. The Balaban J connectivity index is 1.56. The van der Waals surface area contributed by atoms with Crippen molar-refractivity contribution in [2.24, 2.45) is 12.8 Å². The minimum absolute atomic E-state index is 0.0203. The second-order valence-electron chi connectivity index (χ2n) is 6.68. The van der Waals surface area contributed by atoms with Crippen LogP contribution in [-0.2, 0) is 16.6 Å². The number of carbonyl (C=O) groups excluding carboxylic acids is 1. The van der Waals surface area contributed by atoms with Crippen molar-refractivity contribution in [1.82, 2.24) is 25.1 Å². The summed E-state index contributed by atoms with van der Waals surface area (Å²) in [5, 5.41) is 21.2. The fourth-order valence-electron chi connectivity index (χ4n) is 3.12. The fraction of sp³-hybridized carbons (Fsp3) is 0.353. The number of benzene rings is 1. The summed E-state index contributed by atoms with van der Waals surface area (Å²) in [4.78, 5) is 25.9. The normalized spacial score (nSPS) is 23.8. The van der Waals surface area contributed by atoms with Crippen molar-refractivity contribution in [3.05, 3.63) is 41.1 Å². The fourth-order valence-corrected chi connectivity index (χ4v) is 6.80. The highest BCUT2D eigenvalue weighted by Gasteiger charge is 2.63. The molecule has 1 amide bonds. The number of thioether (sulfide) groups is 3. The molecule has 1 aromatic heterocycles. The van der Waals surface area contributed by atoms with Crippen LogP contribution in [0.25, 0.3) is 0 Å². The molecule has 4 rings (SSSR count). The summed E-state index contributed by atoms with van der Waals surface area (Å²) in [6.45, 7) is 1.99. The number of aryl methyl sites for hydroxylation is 2. The maximum atomic E-state index is 13.0. The average Bonchev–Trinajstić information content (AvgIpc) is 3.11. The number of hydrogen-bond acceptors (Lipinski definition) is 9. The van der Waals surface area contributed by atoms with Gasteiger partial charge in [-0.15, -0.1) is 16.9 Å². The Morgan fingerprint density at radius 3 is 2.76 bits per heavy atom. The van der Waals surface area contributed by atoms with E-state index in [1.165, 1.54) is 44.9 Å². The zero-order valence-electron chi connectivity index (χ0n) is 15.6. The molecule has 29 heavy (non-hydrogen) atoms. The lowest BCUT2D eigenvalue weighted by Crippen LogP contribution is -2.76. The van der Waals surface area contributed by atoms with Gasteiger partial charge in [0.1, 0.15) is 11.1 Å². The number of nitrogens with zero attached hydrogens (tertiary/aromatic N) is 5. The molecule has 0 saturated carbocycles. The van der Waals surface area contributed by atoms with Gasteiger partial charge in [-0.05, 0) is 35.1 Å². The number of hydrogen-bond donors (Lipinski definition) is 2. The quantitative estimate of drug-likeness (QED) is 0.378. The van der Waals surface area contributed by atoms with Crippen LogP contribution in [0, 0.1) is 6.92 Å². The number of amides is 1. The van der Waals surface area contributed by atoms with E-state index < -0.39 is 16.2 Å². The molecule has 2 aromatic rings. The first-order valence-electron chi connectivity index (χ1n) is 8.61. The molecule has 0 spiro atoms. The lowest BCUT2D eigenvalue weighted by molar-refractivity contribution is -0.149. The molecule has 1 fully saturated rings. The van der Waals surface area contributed by atoms with Gasteiger partial charge in [-0.1, -0.05) is 41.2 Å². The number of carboxylic acids is 1. The van der Waals surface area contributed by atoms with Gasteiger partial charge in [-0.3, -0.25) is 9.69 Å². The summed E-state index contributed by atoms with van der Waals surface area (Å²) in [5.41, 5.74) is 8.24. The predicted molar refractivity (Wildman–Crippen MR) is 111 cm³/mol. The van der Waals surface area contributed by atoms with Crippen LogP contribution in [0.15, 0.2) is 45.6 Å². The molecule has 2 atom stereocenters.